The van der Waals surface area contributed by atoms with Gasteiger partial charge in [-0.3, -0.25) is 4.79 Å². The molecule has 1 saturated heterocycles. The second kappa shape index (κ2) is 16.4. The van der Waals surface area contributed by atoms with Crippen LogP contribution in [-0.4, -0.2) is 129 Å². The predicted molar refractivity (Wildman–Crippen MR) is 136 cm³/mol. The summed E-state index contributed by atoms with van der Waals surface area (Å²) in [7, 11) is 4.26. The van der Waals surface area contributed by atoms with Crippen LogP contribution in [0.15, 0.2) is 30.5 Å². The average Bonchev–Trinajstić information content (AvgIpc) is 3.43. The van der Waals surface area contributed by atoms with Crippen LogP contribution in [0.25, 0.3) is 11.3 Å². The van der Waals surface area contributed by atoms with Crippen LogP contribution >= 0.6 is 0 Å². The SMILES string of the molecule is COc1ccccc1-c1cnnn1CCOCCOCCOCCNC(=O)C1O[C@@H](OC)[C@@H](O)[C@@H](O)[C@@H]1OC. The summed E-state index contributed by atoms with van der Waals surface area (Å²) in [5, 5.41) is 30.9. The van der Waals surface area contributed by atoms with Gasteiger partial charge in [-0.1, -0.05) is 17.3 Å². The molecule has 2 heterocycles. The van der Waals surface area contributed by atoms with Crippen molar-refractivity contribution in [2.75, 3.05) is 67.5 Å². The first-order valence-electron chi connectivity index (χ1n) is 12.6. The van der Waals surface area contributed by atoms with Gasteiger partial charge < -0.3 is 48.7 Å². The highest BCUT2D eigenvalue weighted by molar-refractivity contribution is 5.81. The Balaban J connectivity index is 1.22. The van der Waals surface area contributed by atoms with E-state index in [2.05, 4.69) is 15.6 Å². The molecule has 1 aliphatic rings. The summed E-state index contributed by atoms with van der Waals surface area (Å²) in [6, 6.07) is 7.68. The van der Waals surface area contributed by atoms with Gasteiger partial charge in [-0.05, 0) is 12.1 Å². The summed E-state index contributed by atoms with van der Waals surface area (Å²) < 4.78 is 39.3. The Morgan fingerprint density at radius 2 is 1.67 bits per heavy atom. The fourth-order valence-corrected chi connectivity index (χ4v) is 4.03. The van der Waals surface area contributed by atoms with Crippen molar-refractivity contribution in [1.29, 1.82) is 0 Å². The maximum atomic E-state index is 12.5. The van der Waals surface area contributed by atoms with Crippen LogP contribution in [0.5, 0.6) is 5.75 Å². The molecule has 2 aromatic rings. The number of benzene rings is 1. The largest absolute Gasteiger partial charge is 0.496 e. The first kappa shape index (κ1) is 30.8. The van der Waals surface area contributed by atoms with Crippen LogP contribution in [-0.2, 0) is 39.8 Å². The second-order valence-electron chi connectivity index (χ2n) is 8.51. The number of carbonyl (C=O) groups excluding carboxylic acids is 1. The molecule has 1 amide bonds. The van der Waals surface area contributed by atoms with E-state index in [1.165, 1.54) is 14.2 Å². The van der Waals surface area contributed by atoms with E-state index in [0.717, 1.165) is 17.0 Å². The number of hydrogen-bond donors (Lipinski definition) is 3. The number of aliphatic hydroxyl groups excluding tert-OH is 2. The molecule has 0 aliphatic carbocycles. The minimum absolute atomic E-state index is 0.216. The van der Waals surface area contributed by atoms with Crippen LogP contribution in [0.3, 0.4) is 0 Å². The average molecular weight is 555 g/mol. The summed E-state index contributed by atoms with van der Waals surface area (Å²) in [4.78, 5) is 12.5. The van der Waals surface area contributed by atoms with E-state index in [-0.39, 0.29) is 13.2 Å². The van der Waals surface area contributed by atoms with E-state index in [9.17, 15) is 15.0 Å². The fourth-order valence-electron chi connectivity index (χ4n) is 4.03. The van der Waals surface area contributed by atoms with E-state index in [0.29, 0.717) is 39.6 Å². The molecular weight excluding hydrogens is 516 g/mol. The third-order valence-electron chi connectivity index (χ3n) is 6.05. The fraction of sp³-hybridized carbons (Fsp3) is 0.640. The van der Waals surface area contributed by atoms with Crippen LogP contribution in [0.1, 0.15) is 0 Å². The Kier molecular flexibility index (Phi) is 13.0. The van der Waals surface area contributed by atoms with Gasteiger partial charge in [0, 0.05) is 26.3 Å². The molecule has 39 heavy (non-hydrogen) atoms. The number of carbonyl (C=O) groups is 1. The van der Waals surface area contributed by atoms with Crippen molar-refractivity contribution in [2.45, 2.75) is 37.3 Å². The molecule has 1 unspecified atom stereocenters. The van der Waals surface area contributed by atoms with Crippen molar-refractivity contribution in [3.8, 4) is 17.0 Å². The lowest BCUT2D eigenvalue weighted by molar-refractivity contribution is -0.287. The zero-order valence-corrected chi connectivity index (χ0v) is 22.4. The van der Waals surface area contributed by atoms with Gasteiger partial charge in [0.1, 0.15) is 24.1 Å². The number of hydrogen-bond acceptors (Lipinski definition) is 12. The third-order valence-corrected chi connectivity index (χ3v) is 6.05. The summed E-state index contributed by atoms with van der Waals surface area (Å²) in [5.74, 6) is 0.242. The first-order valence-corrected chi connectivity index (χ1v) is 12.6. The van der Waals surface area contributed by atoms with Gasteiger partial charge in [-0.2, -0.15) is 0 Å². The summed E-state index contributed by atoms with van der Waals surface area (Å²) in [6.45, 7) is 2.98. The number of nitrogens with zero attached hydrogens (tertiary/aromatic N) is 3. The number of amides is 1. The highest BCUT2D eigenvalue weighted by Gasteiger charge is 2.48. The van der Waals surface area contributed by atoms with Crippen molar-refractivity contribution in [1.82, 2.24) is 20.3 Å². The molecule has 0 radical (unpaired) electrons. The number of aromatic nitrogens is 3. The van der Waals surface area contributed by atoms with Gasteiger partial charge in [0.05, 0.1) is 65.2 Å². The van der Waals surface area contributed by atoms with Gasteiger partial charge in [-0.15, -0.1) is 5.10 Å². The van der Waals surface area contributed by atoms with E-state index in [1.807, 2.05) is 24.3 Å². The molecule has 14 nitrogen and oxygen atoms in total. The molecule has 0 bridgehead atoms. The summed E-state index contributed by atoms with van der Waals surface area (Å²) in [5.41, 5.74) is 1.76. The molecule has 14 heteroatoms. The third kappa shape index (κ3) is 8.65. The van der Waals surface area contributed by atoms with E-state index in [4.69, 9.17) is 33.2 Å². The quantitative estimate of drug-likeness (QED) is 0.209. The van der Waals surface area contributed by atoms with Gasteiger partial charge >= 0.3 is 0 Å². The molecule has 218 valence electrons. The number of ether oxygens (including phenoxy) is 7. The van der Waals surface area contributed by atoms with E-state index in [1.54, 1.807) is 18.0 Å². The molecule has 5 atom stereocenters. The number of methoxy groups -OCH3 is 3. The Morgan fingerprint density at radius 3 is 2.36 bits per heavy atom. The van der Waals surface area contributed by atoms with Crippen molar-refractivity contribution in [3.63, 3.8) is 0 Å². The van der Waals surface area contributed by atoms with Gasteiger partial charge in [0.15, 0.2) is 12.4 Å². The summed E-state index contributed by atoms with van der Waals surface area (Å²) >= 11 is 0. The lowest BCUT2D eigenvalue weighted by Crippen LogP contribution is -2.62. The smallest absolute Gasteiger partial charge is 0.252 e. The maximum absolute atomic E-state index is 12.5. The molecule has 1 aromatic heterocycles. The van der Waals surface area contributed by atoms with Crippen molar-refractivity contribution >= 4 is 5.91 Å². The van der Waals surface area contributed by atoms with Crippen molar-refractivity contribution < 1.29 is 48.2 Å². The standard InChI is InChI=1S/C25H38N4O10/c1-33-19-7-5-4-6-17(19)18-16-27-28-29(18)9-11-37-13-15-38-14-12-36-10-8-26-24(32)23-22(34-2)20(30)21(31)25(35-3)39-23/h4-7,16,20-23,25,30-31H,8-15H2,1-3H3,(H,26,32)/t20-,21+,22+,23?,25-/m1/s1. The van der Waals surface area contributed by atoms with Crippen LogP contribution in [0, 0.1) is 0 Å². The van der Waals surface area contributed by atoms with Crippen molar-refractivity contribution in [2.24, 2.45) is 0 Å². The lowest BCUT2D eigenvalue weighted by Gasteiger charge is -2.40. The zero-order chi connectivity index (χ0) is 28.0. The molecule has 0 spiro atoms. The monoisotopic (exact) mass is 554 g/mol. The number of rotatable bonds is 17. The Hall–Kier alpha value is -2.69. The first-order chi connectivity index (χ1) is 19.0. The number of aliphatic hydroxyl groups is 2. The Morgan fingerprint density at radius 1 is 0.974 bits per heavy atom. The minimum Gasteiger partial charge on any atom is -0.496 e. The number of nitrogens with one attached hydrogen (secondary N) is 1. The molecule has 1 aliphatic heterocycles. The van der Waals surface area contributed by atoms with Gasteiger partial charge in [0.2, 0.25) is 0 Å². The Labute approximate surface area is 227 Å². The topological polar surface area (TPSA) is 165 Å². The van der Waals surface area contributed by atoms with Crippen LogP contribution in [0.2, 0.25) is 0 Å². The predicted octanol–water partition coefficient (Wildman–Crippen LogP) is -0.772. The molecule has 1 aromatic carbocycles. The van der Waals surface area contributed by atoms with Crippen LogP contribution in [0.4, 0.5) is 0 Å². The maximum Gasteiger partial charge on any atom is 0.252 e. The Bertz CT molecular complexity index is 993. The molecule has 3 rings (SSSR count). The van der Waals surface area contributed by atoms with Crippen molar-refractivity contribution in [3.05, 3.63) is 30.5 Å². The normalized spacial score (nSPS) is 23.1. The van der Waals surface area contributed by atoms with Crippen LogP contribution < -0.4 is 10.1 Å². The second-order valence-corrected chi connectivity index (χ2v) is 8.51. The summed E-state index contributed by atoms with van der Waals surface area (Å²) in [6.07, 6.45) is -4.28. The minimum atomic E-state index is -1.33. The van der Waals surface area contributed by atoms with E-state index < -0.39 is 36.6 Å². The number of para-hydroxylation sites is 1. The lowest BCUT2D eigenvalue weighted by atomic mass is 9.98. The molecular formula is C25H38N4O10. The van der Waals surface area contributed by atoms with Gasteiger partial charge in [0.25, 0.3) is 5.91 Å². The molecule has 0 saturated carbocycles. The zero-order valence-electron chi connectivity index (χ0n) is 22.4. The molecule has 3 N–H and O–H groups in total. The molecule has 1 fully saturated rings. The highest BCUT2D eigenvalue weighted by Crippen LogP contribution is 2.28. The van der Waals surface area contributed by atoms with Gasteiger partial charge in [-0.25, -0.2) is 4.68 Å². The van der Waals surface area contributed by atoms with E-state index >= 15 is 0 Å². The highest BCUT2D eigenvalue weighted by atomic mass is 16.7.